The van der Waals surface area contributed by atoms with Crippen molar-refractivity contribution < 1.29 is 4.74 Å². The Bertz CT molecular complexity index is 309. The molecule has 0 aromatic heterocycles. The number of hydrogen-bond donors (Lipinski definition) is 0. The van der Waals surface area contributed by atoms with E-state index in [-0.39, 0.29) is 5.38 Å². The van der Waals surface area contributed by atoms with Crippen molar-refractivity contribution >= 4 is 11.6 Å². The van der Waals surface area contributed by atoms with E-state index >= 15 is 0 Å². The van der Waals surface area contributed by atoms with Gasteiger partial charge in [0, 0.05) is 5.38 Å². The van der Waals surface area contributed by atoms with Gasteiger partial charge in [-0.1, -0.05) is 32.0 Å². The Hall–Kier alpha value is -0.690. The SMILES string of the molecule is COc1ccccc1CC(Cl)CCC(C)C. The minimum Gasteiger partial charge on any atom is -0.496 e. The molecule has 0 spiro atoms. The molecule has 2 heteroatoms. The molecule has 16 heavy (non-hydrogen) atoms. The largest absolute Gasteiger partial charge is 0.496 e. The maximum atomic E-state index is 6.33. The number of methoxy groups -OCH3 is 1. The van der Waals surface area contributed by atoms with Gasteiger partial charge in [0.2, 0.25) is 0 Å². The van der Waals surface area contributed by atoms with Crippen molar-refractivity contribution in [3.63, 3.8) is 0 Å². The standard InChI is InChI=1S/C14H21ClO/c1-11(2)8-9-13(15)10-12-6-4-5-7-14(12)16-3/h4-7,11,13H,8-10H2,1-3H3. The molecule has 1 rings (SSSR count). The van der Waals surface area contributed by atoms with Gasteiger partial charge in [-0.05, 0) is 36.8 Å². The van der Waals surface area contributed by atoms with E-state index in [0.29, 0.717) is 0 Å². The molecule has 1 atom stereocenters. The summed E-state index contributed by atoms with van der Waals surface area (Å²) in [6.07, 6.45) is 3.14. The topological polar surface area (TPSA) is 9.23 Å². The average Bonchev–Trinajstić information content (AvgIpc) is 2.27. The van der Waals surface area contributed by atoms with Crippen LogP contribution in [0.3, 0.4) is 0 Å². The Labute approximate surface area is 104 Å². The number of rotatable bonds is 6. The third kappa shape index (κ3) is 4.44. The molecule has 90 valence electrons. The summed E-state index contributed by atoms with van der Waals surface area (Å²) in [6.45, 7) is 4.46. The summed E-state index contributed by atoms with van der Waals surface area (Å²) >= 11 is 6.33. The van der Waals surface area contributed by atoms with Crippen LogP contribution in [0.2, 0.25) is 0 Å². The molecule has 0 radical (unpaired) electrons. The van der Waals surface area contributed by atoms with Crippen LogP contribution in [0, 0.1) is 5.92 Å². The minimum absolute atomic E-state index is 0.207. The quantitative estimate of drug-likeness (QED) is 0.675. The van der Waals surface area contributed by atoms with Crippen LogP contribution in [0.4, 0.5) is 0 Å². The van der Waals surface area contributed by atoms with E-state index in [9.17, 15) is 0 Å². The van der Waals surface area contributed by atoms with Gasteiger partial charge >= 0.3 is 0 Å². The summed E-state index contributed by atoms with van der Waals surface area (Å²) in [6, 6.07) is 8.09. The zero-order chi connectivity index (χ0) is 12.0. The fraction of sp³-hybridized carbons (Fsp3) is 0.571. The van der Waals surface area contributed by atoms with Gasteiger partial charge in [0.15, 0.2) is 0 Å². The van der Waals surface area contributed by atoms with Crippen molar-refractivity contribution in [1.29, 1.82) is 0 Å². The van der Waals surface area contributed by atoms with Gasteiger partial charge in [-0.25, -0.2) is 0 Å². The number of para-hydroxylation sites is 1. The Morgan fingerprint density at radius 1 is 1.19 bits per heavy atom. The second-order valence-electron chi connectivity index (χ2n) is 4.58. The molecule has 1 nitrogen and oxygen atoms in total. The summed E-state index contributed by atoms with van der Waals surface area (Å²) in [7, 11) is 1.70. The number of ether oxygens (including phenoxy) is 1. The lowest BCUT2D eigenvalue weighted by Gasteiger charge is -2.13. The van der Waals surface area contributed by atoms with Gasteiger partial charge in [-0.15, -0.1) is 11.6 Å². The summed E-state index contributed by atoms with van der Waals surface area (Å²) in [5.74, 6) is 1.66. The minimum atomic E-state index is 0.207. The van der Waals surface area contributed by atoms with Crippen LogP contribution in [0.1, 0.15) is 32.3 Å². The van der Waals surface area contributed by atoms with Gasteiger partial charge in [-0.2, -0.15) is 0 Å². The van der Waals surface area contributed by atoms with E-state index < -0.39 is 0 Å². The van der Waals surface area contributed by atoms with Crippen molar-refractivity contribution in [3.05, 3.63) is 29.8 Å². The Morgan fingerprint density at radius 2 is 1.88 bits per heavy atom. The van der Waals surface area contributed by atoms with E-state index in [1.807, 2.05) is 18.2 Å². The summed E-state index contributed by atoms with van der Waals surface area (Å²) in [5, 5.41) is 0.207. The molecule has 0 amide bonds. The van der Waals surface area contributed by atoms with Crippen LogP contribution in [0.25, 0.3) is 0 Å². The normalized spacial score (nSPS) is 12.8. The molecule has 0 bridgehead atoms. The second-order valence-corrected chi connectivity index (χ2v) is 5.20. The van der Waals surface area contributed by atoms with Crippen LogP contribution in [0.5, 0.6) is 5.75 Å². The average molecular weight is 241 g/mol. The van der Waals surface area contributed by atoms with E-state index in [2.05, 4.69) is 19.9 Å². The zero-order valence-corrected chi connectivity index (χ0v) is 11.1. The molecule has 0 fully saturated rings. The molecule has 1 unspecified atom stereocenters. The van der Waals surface area contributed by atoms with E-state index in [0.717, 1.165) is 24.5 Å². The second kappa shape index (κ2) is 6.80. The number of benzene rings is 1. The third-order valence-electron chi connectivity index (χ3n) is 2.69. The lowest BCUT2D eigenvalue weighted by Crippen LogP contribution is -2.06. The molecule has 0 saturated heterocycles. The molecular formula is C14H21ClO. The van der Waals surface area contributed by atoms with E-state index in [1.54, 1.807) is 7.11 Å². The van der Waals surface area contributed by atoms with Crippen LogP contribution in [0.15, 0.2) is 24.3 Å². The lowest BCUT2D eigenvalue weighted by atomic mass is 10.0. The zero-order valence-electron chi connectivity index (χ0n) is 10.4. The summed E-state index contributed by atoms with van der Waals surface area (Å²) in [4.78, 5) is 0. The first-order valence-electron chi connectivity index (χ1n) is 5.89. The molecular weight excluding hydrogens is 220 g/mol. The first-order chi connectivity index (χ1) is 7.63. The predicted molar refractivity (Wildman–Crippen MR) is 70.4 cm³/mol. The van der Waals surface area contributed by atoms with Gasteiger partial charge in [0.1, 0.15) is 5.75 Å². The Morgan fingerprint density at radius 3 is 2.50 bits per heavy atom. The number of alkyl halides is 1. The maximum absolute atomic E-state index is 6.33. The lowest BCUT2D eigenvalue weighted by molar-refractivity contribution is 0.408. The van der Waals surface area contributed by atoms with E-state index in [1.165, 1.54) is 12.0 Å². The van der Waals surface area contributed by atoms with Gasteiger partial charge < -0.3 is 4.74 Å². The first kappa shape index (κ1) is 13.4. The predicted octanol–water partition coefficient (Wildman–Crippen LogP) is 4.28. The highest BCUT2D eigenvalue weighted by molar-refractivity contribution is 6.20. The first-order valence-corrected chi connectivity index (χ1v) is 6.33. The maximum Gasteiger partial charge on any atom is 0.122 e. The van der Waals surface area contributed by atoms with Crippen molar-refractivity contribution in [3.8, 4) is 5.75 Å². The van der Waals surface area contributed by atoms with Crippen molar-refractivity contribution in [2.24, 2.45) is 5.92 Å². The Balaban J connectivity index is 2.51. The van der Waals surface area contributed by atoms with Gasteiger partial charge in [0.05, 0.1) is 7.11 Å². The highest BCUT2D eigenvalue weighted by Crippen LogP contribution is 2.23. The molecule has 1 aromatic rings. The monoisotopic (exact) mass is 240 g/mol. The van der Waals surface area contributed by atoms with E-state index in [4.69, 9.17) is 16.3 Å². The third-order valence-corrected chi connectivity index (χ3v) is 3.06. The smallest absolute Gasteiger partial charge is 0.122 e. The summed E-state index contributed by atoms with van der Waals surface area (Å²) in [5.41, 5.74) is 1.20. The van der Waals surface area contributed by atoms with Gasteiger partial charge in [-0.3, -0.25) is 0 Å². The fourth-order valence-electron chi connectivity index (χ4n) is 1.73. The highest BCUT2D eigenvalue weighted by Gasteiger charge is 2.10. The molecule has 0 heterocycles. The number of hydrogen-bond acceptors (Lipinski definition) is 1. The molecule has 0 aliphatic heterocycles. The molecule has 0 saturated carbocycles. The van der Waals surface area contributed by atoms with Crippen molar-refractivity contribution in [2.75, 3.05) is 7.11 Å². The van der Waals surface area contributed by atoms with Crippen LogP contribution in [-0.2, 0) is 6.42 Å². The van der Waals surface area contributed by atoms with Crippen LogP contribution < -0.4 is 4.74 Å². The molecule has 0 aliphatic carbocycles. The van der Waals surface area contributed by atoms with Crippen LogP contribution >= 0.6 is 11.6 Å². The van der Waals surface area contributed by atoms with Crippen molar-refractivity contribution in [1.82, 2.24) is 0 Å². The highest BCUT2D eigenvalue weighted by atomic mass is 35.5. The molecule has 0 N–H and O–H groups in total. The summed E-state index contributed by atoms with van der Waals surface area (Å²) < 4.78 is 5.31. The van der Waals surface area contributed by atoms with Crippen LogP contribution in [-0.4, -0.2) is 12.5 Å². The molecule has 1 aromatic carbocycles. The Kier molecular flexibility index (Phi) is 5.68. The van der Waals surface area contributed by atoms with Gasteiger partial charge in [0.25, 0.3) is 0 Å². The molecule has 0 aliphatic rings. The fourth-order valence-corrected chi connectivity index (χ4v) is 2.02. The van der Waals surface area contributed by atoms with Crippen molar-refractivity contribution in [2.45, 2.75) is 38.5 Å². The number of halogens is 1.